The van der Waals surface area contributed by atoms with E-state index in [0.717, 1.165) is 27.8 Å². The van der Waals surface area contributed by atoms with E-state index in [-0.39, 0.29) is 0 Å². The zero-order chi connectivity index (χ0) is 22.1. The number of aliphatic carboxylic acids is 1. The molecule has 0 aliphatic heterocycles. The number of hydrogen-bond acceptors (Lipinski definition) is 3. The first kappa shape index (κ1) is 22.1. The lowest BCUT2D eigenvalue weighted by Gasteiger charge is -2.12. The van der Waals surface area contributed by atoms with E-state index < -0.39 is 12.1 Å². The van der Waals surface area contributed by atoms with Crippen LogP contribution in [0.25, 0.3) is 10.8 Å². The Morgan fingerprint density at radius 1 is 1.06 bits per heavy atom. The van der Waals surface area contributed by atoms with Crippen molar-refractivity contribution >= 4 is 16.7 Å². The summed E-state index contributed by atoms with van der Waals surface area (Å²) in [6.45, 7) is 4.53. The summed E-state index contributed by atoms with van der Waals surface area (Å²) < 4.78 is 11.0. The summed E-state index contributed by atoms with van der Waals surface area (Å²) in [5, 5.41) is 11.5. The molecule has 1 N–H and O–H groups in total. The molecular weight excluding hydrogens is 388 g/mol. The highest BCUT2D eigenvalue weighted by Crippen LogP contribution is 2.18. The van der Waals surface area contributed by atoms with Gasteiger partial charge in [0.05, 0.1) is 0 Å². The van der Waals surface area contributed by atoms with Gasteiger partial charge in [0.25, 0.3) is 0 Å². The van der Waals surface area contributed by atoms with Crippen LogP contribution in [0.15, 0.2) is 78.4 Å². The number of ether oxygens (including phenoxy) is 2. The molecule has 158 valence electrons. The smallest absolute Gasteiger partial charge is 0.333 e. The van der Waals surface area contributed by atoms with Gasteiger partial charge in [0.2, 0.25) is 0 Å². The fraction of sp³-hybridized carbons (Fsp3) is 0.222. The molecule has 1 unspecified atom stereocenters. The quantitative estimate of drug-likeness (QED) is 0.512. The molecule has 0 heterocycles. The van der Waals surface area contributed by atoms with Crippen LogP contribution in [0.1, 0.15) is 25.0 Å². The molecule has 3 aromatic carbocycles. The first-order chi connectivity index (χ1) is 15.1. The molecule has 3 rings (SSSR count). The van der Waals surface area contributed by atoms with Crippen molar-refractivity contribution in [2.45, 2.75) is 26.4 Å². The summed E-state index contributed by atoms with van der Waals surface area (Å²) >= 11 is 0. The molecule has 0 fully saturated rings. The van der Waals surface area contributed by atoms with Gasteiger partial charge in [-0.3, -0.25) is 0 Å². The molecule has 0 saturated heterocycles. The second-order valence-corrected chi connectivity index (χ2v) is 7.11. The Bertz CT molecular complexity index is 1110. The van der Waals surface area contributed by atoms with Gasteiger partial charge in [-0.2, -0.15) is 0 Å². The van der Waals surface area contributed by atoms with Gasteiger partial charge in [0.1, 0.15) is 12.4 Å². The van der Waals surface area contributed by atoms with Crippen LogP contribution in [0.4, 0.5) is 0 Å². The summed E-state index contributed by atoms with van der Waals surface area (Å²) in [6, 6.07) is 21.7. The van der Waals surface area contributed by atoms with Crippen LogP contribution in [-0.4, -0.2) is 30.4 Å². The summed E-state index contributed by atoms with van der Waals surface area (Å²) in [6.07, 6.45) is 1.44. The minimum atomic E-state index is -0.951. The van der Waals surface area contributed by atoms with Crippen molar-refractivity contribution in [2.75, 3.05) is 13.2 Å². The third-order valence-corrected chi connectivity index (χ3v) is 4.81. The highest BCUT2D eigenvalue weighted by Gasteiger charge is 2.17. The van der Waals surface area contributed by atoms with Gasteiger partial charge in [-0.15, -0.1) is 0 Å². The molecule has 3 aromatic rings. The van der Waals surface area contributed by atoms with Gasteiger partial charge >= 0.3 is 5.97 Å². The van der Waals surface area contributed by atoms with Gasteiger partial charge in [0.15, 0.2) is 6.10 Å². The lowest BCUT2D eigenvalue weighted by molar-refractivity contribution is -0.149. The van der Waals surface area contributed by atoms with E-state index in [1.165, 1.54) is 5.39 Å². The molecule has 4 heteroatoms. The highest BCUT2D eigenvalue weighted by molar-refractivity contribution is 5.88. The number of rotatable bonds is 8. The minimum Gasteiger partial charge on any atom is -0.490 e. The minimum absolute atomic E-state index is 0.326. The fourth-order valence-corrected chi connectivity index (χ4v) is 3.17. The Hall–Kier alpha value is -3.55. The molecule has 0 aliphatic carbocycles. The summed E-state index contributed by atoms with van der Waals surface area (Å²) in [4.78, 5) is 11.2. The van der Waals surface area contributed by atoms with E-state index in [1.54, 1.807) is 6.92 Å². The van der Waals surface area contributed by atoms with Gasteiger partial charge in [0, 0.05) is 18.6 Å². The van der Waals surface area contributed by atoms with E-state index in [4.69, 9.17) is 9.47 Å². The average Bonchev–Trinajstić information content (AvgIpc) is 2.78. The van der Waals surface area contributed by atoms with Crippen molar-refractivity contribution in [2.24, 2.45) is 0 Å². The molecule has 4 nitrogen and oxygen atoms in total. The van der Waals surface area contributed by atoms with E-state index in [1.807, 2.05) is 61.5 Å². The second kappa shape index (κ2) is 11.0. The zero-order valence-electron chi connectivity index (χ0n) is 17.8. The van der Waals surface area contributed by atoms with E-state index in [0.29, 0.717) is 19.6 Å². The van der Waals surface area contributed by atoms with Crippen molar-refractivity contribution in [3.8, 4) is 17.6 Å². The van der Waals surface area contributed by atoms with Crippen LogP contribution in [-0.2, 0) is 16.0 Å². The van der Waals surface area contributed by atoms with Crippen molar-refractivity contribution in [3.05, 3.63) is 89.5 Å². The molecule has 0 radical (unpaired) electrons. The fourth-order valence-electron chi connectivity index (χ4n) is 3.17. The second-order valence-electron chi connectivity index (χ2n) is 7.11. The lowest BCUT2D eigenvalue weighted by atomic mass is 10.0. The predicted octanol–water partition coefficient (Wildman–Crippen LogP) is 5.25. The van der Waals surface area contributed by atoms with Crippen LogP contribution in [0, 0.1) is 11.8 Å². The third kappa shape index (κ3) is 6.47. The number of benzene rings is 3. The van der Waals surface area contributed by atoms with Crippen LogP contribution < -0.4 is 4.74 Å². The average molecular weight is 415 g/mol. The zero-order valence-corrected chi connectivity index (χ0v) is 17.8. The van der Waals surface area contributed by atoms with Crippen molar-refractivity contribution < 1.29 is 19.4 Å². The van der Waals surface area contributed by atoms with Crippen LogP contribution in [0.2, 0.25) is 0 Å². The van der Waals surface area contributed by atoms with E-state index in [2.05, 4.69) is 30.0 Å². The van der Waals surface area contributed by atoms with Crippen LogP contribution >= 0.6 is 0 Å². The van der Waals surface area contributed by atoms with Gasteiger partial charge in [-0.25, -0.2) is 4.79 Å². The summed E-state index contributed by atoms with van der Waals surface area (Å²) in [5.74, 6) is 6.21. The number of carboxylic acids is 1. The Balaban J connectivity index is 1.57. The topological polar surface area (TPSA) is 55.8 Å². The Kier molecular flexibility index (Phi) is 7.86. The maximum Gasteiger partial charge on any atom is 0.333 e. The van der Waals surface area contributed by atoms with Crippen molar-refractivity contribution in [1.29, 1.82) is 0 Å². The normalized spacial score (nSPS) is 12.1. The predicted molar refractivity (Wildman–Crippen MR) is 123 cm³/mol. The van der Waals surface area contributed by atoms with E-state index in [9.17, 15) is 9.90 Å². The lowest BCUT2D eigenvalue weighted by Crippen LogP contribution is -2.26. The number of carboxylic acid groups (broad SMARTS) is 1. The molecular formula is C27H26O4. The van der Waals surface area contributed by atoms with Crippen molar-refractivity contribution in [3.63, 3.8) is 0 Å². The Morgan fingerprint density at radius 3 is 2.55 bits per heavy atom. The van der Waals surface area contributed by atoms with Gasteiger partial charge in [-0.1, -0.05) is 60.4 Å². The monoisotopic (exact) mass is 414 g/mol. The molecule has 0 saturated carbocycles. The standard InChI is InChI=1S/C27H26O4/c1-3-30-26(27(28)29)19-21-12-15-24(16-13-21)31-18-17-20(2)11-14-23-9-6-8-22-7-4-5-10-25(22)23/h4-10,12-13,15-17,26H,3,18-19H2,1-2H3,(H,28,29)/b20-17+. The highest BCUT2D eigenvalue weighted by atomic mass is 16.5. The van der Waals surface area contributed by atoms with Gasteiger partial charge in [-0.05, 0) is 60.0 Å². The maximum atomic E-state index is 11.2. The number of fused-ring (bicyclic) bond motifs is 1. The molecule has 0 amide bonds. The molecule has 0 bridgehead atoms. The molecule has 31 heavy (non-hydrogen) atoms. The van der Waals surface area contributed by atoms with Gasteiger partial charge < -0.3 is 14.6 Å². The first-order valence-electron chi connectivity index (χ1n) is 10.3. The van der Waals surface area contributed by atoms with Crippen molar-refractivity contribution in [1.82, 2.24) is 0 Å². The van der Waals surface area contributed by atoms with Crippen LogP contribution in [0.5, 0.6) is 5.75 Å². The molecule has 1 atom stereocenters. The molecule has 0 spiro atoms. The van der Waals surface area contributed by atoms with Crippen LogP contribution in [0.3, 0.4) is 0 Å². The first-order valence-corrected chi connectivity index (χ1v) is 10.3. The number of hydrogen-bond donors (Lipinski definition) is 1. The SMILES string of the molecule is CCOC(Cc1ccc(OC/C=C(\C)C#Cc2cccc3ccccc23)cc1)C(=O)O. The Morgan fingerprint density at radius 2 is 1.81 bits per heavy atom. The number of carbonyl (C=O) groups is 1. The number of allylic oxidation sites excluding steroid dienone is 1. The summed E-state index contributed by atoms with van der Waals surface area (Å²) in [5.41, 5.74) is 2.83. The molecule has 0 aliphatic rings. The third-order valence-electron chi connectivity index (χ3n) is 4.81. The van der Waals surface area contributed by atoms with E-state index >= 15 is 0 Å². The Labute approximate surface area is 183 Å². The molecule has 0 aromatic heterocycles. The summed E-state index contributed by atoms with van der Waals surface area (Å²) in [7, 11) is 0. The maximum absolute atomic E-state index is 11.2. The largest absolute Gasteiger partial charge is 0.490 e.